The summed E-state index contributed by atoms with van der Waals surface area (Å²) in [6, 6.07) is 16.2. The second-order valence-electron chi connectivity index (χ2n) is 6.08. The lowest BCUT2D eigenvalue weighted by molar-refractivity contribution is 0.342. The molecule has 0 atom stereocenters. The van der Waals surface area contributed by atoms with Crippen LogP contribution in [0.15, 0.2) is 54.7 Å². The SMILES string of the molecule is CCOc1ccccc1Nc1nncc(N2CCCc3ccccc32)n1. The molecule has 0 amide bonds. The number of hydrogen-bond acceptors (Lipinski definition) is 6. The topological polar surface area (TPSA) is 63.2 Å². The summed E-state index contributed by atoms with van der Waals surface area (Å²) in [5, 5.41) is 11.5. The summed E-state index contributed by atoms with van der Waals surface area (Å²) in [4.78, 5) is 6.88. The van der Waals surface area contributed by atoms with Crippen LogP contribution in [0.1, 0.15) is 18.9 Å². The predicted molar refractivity (Wildman–Crippen MR) is 102 cm³/mol. The van der Waals surface area contributed by atoms with E-state index < -0.39 is 0 Å². The van der Waals surface area contributed by atoms with Crippen molar-refractivity contribution in [2.24, 2.45) is 0 Å². The zero-order valence-corrected chi connectivity index (χ0v) is 14.7. The van der Waals surface area contributed by atoms with Crippen LogP contribution in [0.2, 0.25) is 0 Å². The van der Waals surface area contributed by atoms with E-state index in [0.717, 1.165) is 36.6 Å². The molecule has 4 rings (SSSR count). The predicted octanol–water partition coefficient (Wildman–Crippen LogP) is 4.10. The molecule has 1 N–H and O–H groups in total. The van der Waals surface area contributed by atoms with Crippen LogP contribution in [0.5, 0.6) is 5.75 Å². The number of rotatable bonds is 5. The van der Waals surface area contributed by atoms with Crippen LogP contribution in [-0.2, 0) is 6.42 Å². The van der Waals surface area contributed by atoms with E-state index in [2.05, 4.69) is 49.7 Å². The highest BCUT2D eigenvalue weighted by Gasteiger charge is 2.19. The molecule has 0 aliphatic carbocycles. The first-order chi connectivity index (χ1) is 12.8. The van der Waals surface area contributed by atoms with Crippen LogP contribution in [0, 0.1) is 0 Å². The lowest BCUT2D eigenvalue weighted by Crippen LogP contribution is -2.25. The fourth-order valence-electron chi connectivity index (χ4n) is 3.22. The fourth-order valence-corrected chi connectivity index (χ4v) is 3.22. The molecule has 0 spiro atoms. The van der Waals surface area contributed by atoms with Crippen molar-refractivity contribution < 1.29 is 4.74 Å². The first-order valence-corrected chi connectivity index (χ1v) is 8.89. The van der Waals surface area contributed by atoms with Crippen molar-refractivity contribution in [3.05, 3.63) is 60.3 Å². The highest BCUT2D eigenvalue weighted by Crippen LogP contribution is 2.32. The Bertz CT molecular complexity index is 899. The van der Waals surface area contributed by atoms with Crippen LogP contribution in [0.25, 0.3) is 0 Å². The normalized spacial score (nSPS) is 13.2. The number of benzene rings is 2. The maximum absolute atomic E-state index is 5.65. The Hall–Kier alpha value is -3.15. The molecule has 0 radical (unpaired) electrons. The van der Waals surface area contributed by atoms with Crippen molar-refractivity contribution in [1.29, 1.82) is 0 Å². The number of anilines is 4. The lowest BCUT2D eigenvalue weighted by atomic mass is 10.0. The van der Waals surface area contributed by atoms with Crippen molar-refractivity contribution in [2.75, 3.05) is 23.4 Å². The summed E-state index contributed by atoms with van der Waals surface area (Å²) in [6.45, 7) is 3.48. The monoisotopic (exact) mass is 347 g/mol. The number of aryl methyl sites for hydroxylation is 1. The van der Waals surface area contributed by atoms with Crippen molar-refractivity contribution in [2.45, 2.75) is 19.8 Å². The highest BCUT2D eigenvalue weighted by molar-refractivity contribution is 5.67. The van der Waals surface area contributed by atoms with Crippen LogP contribution in [0.3, 0.4) is 0 Å². The van der Waals surface area contributed by atoms with Crippen molar-refractivity contribution in [3.63, 3.8) is 0 Å². The van der Waals surface area contributed by atoms with Crippen LogP contribution >= 0.6 is 0 Å². The van der Waals surface area contributed by atoms with E-state index in [1.165, 1.54) is 11.3 Å². The summed E-state index contributed by atoms with van der Waals surface area (Å²) in [5.74, 6) is 2.02. The largest absolute Gasteiger partial charge is 0.492 e. The van der Waals surface area contributed by atoms with E-state index in [-0.39, 0.29) is 0 Å². The van der Waals surface area contributed by atoms with Crippen LogP contribution in [0.4, 0.5) is 23.1 Å². The number of nitrogens with zero attached hydrogens (tertiary/aromatic N) is 4. The van der Waals surface area contributed by atoms with Crippen molar-refractivity contribution in [1.82, 2.24) is 15.2 Å². The summed E-state index contributed by atoms with van der Waals surface area (Å²) in [5.41, 5.74) is 3.36. The van der Waals surface area contributed by atoms with Gasteiger partial charge >= 0.3 is 0 Å². The molecule has 0 bridgehead atoms. The summed E-state index contributed by atoms with van der Waals surface area (Å²) < 4.78 is 5.65. The average molecular weight is 347 g/mol. The van der Waals surface area contributed by atoms with Crippen LogP contribution < -0.4 is 15.0 Å². The van der Waals surface area contributed by atoms with E-state index in [1.54, 1.807) is 6.20 Å². The number of hydrogen-bond donors (Lipinski definition) is 1. The molecule has 0 saturated heterocycles. The van der Waals surface area contributed by atoms with E-state index in [0.29, 0.717) is 12.6 Å². The Morgan fingerprint density at radius 1 is 1.12 bits per heavy atom. The zero-order chi connectivity index (χ0) is 17.8. The molecule has 132 valence electrons. The third-order valence-electron chi connectivity index (χ3n) is 4.37. The van der Waals surface area contributed by atoms with Gasteiger partial charge in [0.05, 0.1) is 18.5 Å². The van der Waals surface area contributed by atoms with Crippen molar-refractivity contribution >= 4 is 23.1 Å². The fraction of sp³-hybridized carbons (Fsp3) is 0.250. The number of fused-ring (bicyclic) bond motifs is 1. The first kappa shape index (κ1) is 16.3. The third kappa shape index (κ3) is 3.31. The molecular weight excluding hydrogens is 326 g/mol. The summed E-state index contributed by atoms with van der Waals surface area (Å²) >= 11 is 0. The smallest absolute Gasteiger partial charge is 0.249 e. The number of nitrogens with one attached hydrogen (secondary N) is 1. The highest BCUT2D eigenvalue weighted by atomic mass is 16.5. The Labute approximate surface area is 152 Å². The molecule has 1 aromatic heterocycles. The van der Waals surface area contributed by atoms with Gasteiger partial charge in [0.25, 0.3) is 0 Å². The number of aromatic nitrogens is 3. The standard InChI is InChI=1S/C20H21N5O/c1-2-26-18-12-6-4-10-16(18)22-20-23-19(14-21-24-20)25-13-7-9-15-8-3-5-11-17(15)25/h3-6,8,10-12,14H,2,7,9,13H2,1H3,(H,22,23,24). The maximum atomic E-state index is 5.65. The van der Waals surface area contributed by atoms with Gasteiger partial charge in [0.15, 0.2) is 5.82 Å². The second kappa shape index (κ2) is 7.39. The van der Waals surface area contributed by atoms with Crippen LogP contribution in [-0.4, -0.2) is 28.3 Å². The van der Waals surface area contributed by atoms with Gasteiger partial charge in [-0.05, 0) is 43.5 Å². The third-order valence-corrected chi connectivity index (χ3v) is 4.37. The zero-order valence-electron chi connectivity index (χ0n) is 14.7. The molecule has 1 aliphatic rings. The Morgan fingerprint density at radius 3 is 2.88 bits per heavy atom. The van der Waals surface area contributed by atoms with E-state index >= 15 is 0 Å². The molecule has 26 heavy (non-hydrogen) atoms. The minimum Gasteiger partial charge on any atom is -0.492 e. The van der Waals surface area contributed by atoms with Gasteiger partial charge in [-0.3, -0.25) is 0 Å². The van der Waals surface area contributed by atoms with Gasteiger partial charge in [-0.25, -0.2) is 0 Å². The minimum absolute atomic E-state index is 0.456. The van der Waals surface area contributed by atoms with Gasteiger partial charge in [-0.2, -0.15) is 10.1 Å². The quantitative estimate of drug-likeness (QED) is 0.750. The first-order valence-electron chi connectivity index (χ1n) is 8.89. The lowest BCUT2D eigenvalue weighted by Gasteiger charge is -2.30. The van der Waals surface area contributed by atoms with Gasteiger partial charge in [0, 0.05) is 12.2 Å². The van der Waals surface area contributed by atoms with E-state index in [4.69, 9.17) is 4.74 Å². The molecule has 0 saturated carbocycles. The minimum atomic E-state index is 0.456. The van der Waals surface area contributed by atoms with Gasteiger partial charge in [0.1, 0.15) is 5.75 Å². The van der Waals surface area contributed by atoms with E-state index in [9.17, 15) is 0 Å². The molecule has 1 aliphatic heterocycles. The summed E-state index contributed by atoms with van der Waals surface area (Å²) in [6.07, 6.45) is 3.90. The molecule has 2 aromatic carbocycles. The van der Waals surface area contributed by atoms with E-state index in [1.807, 2.05) is 31.2 Å². The number of para-hydroxylation sites is 3. The molecule has 0 unspecified atom stereocenters. The summed E-state index contributed by atoms with van der Waals surface area (Å²) in [7, 11) is 0. The van der Waals surface area contributed by atoms with Gasteiger partial charge < -0.3 is 15.0 Å². The molecular formula is C20H21N5O. The average Bonchev–Trinajstić information content (AvgIpc) is 2.69. The van der Waals surface area contributed by atoms with Gasteiger partial charge in [-0.1, -0.05) is 30.3 Å². The molecule has 3 aromatic rings. The Kier molecular flexibility index (Phi) is 4.64. The van der Waals surface area contributed by atoms with Gasteiger partial charge in [0.2, 0.25) is 5.95 Å². The molecule has 6 heteroatoms. The van der Waals surface area contributed by atoms with Gasteiger partial charge in [-0.15, -0.1) is 5.10 Å². The molecule has 0 fully saturated rings. The molecule has 2 heterocycles. The Balaban J connectivity index is 1.63. The molecule has 6 nitrogen and oxygen atoms in total. The maximum Gasteiger partial charge on any atom is 0.249 e. The number of ether oxygens (including phenoxy) is 1. The Morgan fingerprint density at radius 2 is 1.96 bits per heavy atom. The van der Waals surface area contributed by atoms with Crippen molar-refractivity contribution in [3.8, 4) is 5.75 Å². The second-order valence-corrected chi connectivity index (χ2v) is 6.08.